The summed E-state index contributed by atoms with van der Waals surface area (Å²) in [6, 6.07) is 16.9. The predicted molar refractivity (Wildman–Crippen MR) is 221 cm³/mol. The average molecular weight is 1120 g/mol. The van der Waals surface area contributed by atoms with Crippen molar-refractivity contribution in [2.45, 2.75) is 26.0 Å². The van der Waals surface area contributed by atoms with Crippen LogP contribution in [-0.4, -0.2) is 78.3 Å². The summed E-state index contributed by atoms with van der Waals surface area (Å²) in [5.74, 6) is -4.42. The van der Waals surface area contributed by atoms with E-state index in [4.69, 9.17) is 0 Å². The summed E-state index contributed by atoms with van der Waals surface area (Å²) in [4.78, 5) is 7.72. The van der Waals surface area contributed by atoms with Crippen molar-refractivity contribution in [3.63, 3.8) is 0 Å². The van der Waals surface area contributed by atoms with Crippen LogP contribution in [0.5, 0.6) is 23.0 Å². The van der Waals surface area contributed by atoms with Crippen LogP contribution in [-0.2, 0) is 46.9 Å². The van der Waals surface area contributed by atoms with Crippen molar-refractivity contribution < 1.29 is 230 Å². The molecule has 0 aliphatic heterocycles. The van der Waals surface area contributed by atoms with Crippen molar-refractivity contribution in [1.82, 2.24) is 0 Å². The summed E-state index contributed by atoms with van der Waals surface area (Å²) in [6.07, 6.45) is 0.165. The van der Waals surface area contributed by atoms with Crippen molar-refractivity contribution in [3.05, 3.63) is 120 Å². The van der Waals surface area contributed by atoms with Crippen LogP contribution in [0.4, 0.5) is 45.5 Å². The summed E-state index contributed by atoms with van der Waals surface area (Å²) in [6.45, 7) is 0. The second-order valence-electron chi connectivity index (χ2n) is 13.5. The number of aromatic hydroxyl groups is 3. The van der Waals surface area contributed by atoms with E-state index in [1.807, 2.05) is 0 Å². The fraction of sp³-hybridized carbons (Fsp3) is 0.0263. The van der Waals surface area contributed by atoms with Gasteiger partial charge in [0.15, 0.2) is 0 Å². The van der Waals surface area contributed by atoms with Crippen LogP contribution >= 0.6 is 0 Å². The van der Waals surface area contributed by atoms with Gasteiger partial charge in [0, 0.05) is 12.1 Å². The number of aromatic carboxylic acids is 1. The summed E-state index contributed by atoms with van der Waals surface area (Å²) in [5, 5.41) is 83.3. The number of azo groups is 4. The van der Waals surface area contributed by atoms with E-state index >= 15 is 0 Å². The van der Waals surface area contributed by atoms with Crippen LogP contribution < -0.4 is 153 Å². The Morgan fingerprint density at radius 3 is 1.22 bits per heavy atom. The first-order valence-electron chi connectivity index (χ1n) is 18.0. The third-order valence-corrected chi connectivity index (χ3v) is 12.2. The average Bonchev–Trinajstić information content (AvgIpc) is 3.24. The molecule has 0 unspecified atom stereocenters. The fourth-order valence-electron chi connectivity index (χ4n) is 5.59. The SMILES string of the molecule is O=C(O)c1cc(Cc2ccc(N=Nc3cc(N=Nc4ccc(S(=O)(=O)[O-])cc4S(=O)(=O)[O-])c(O)cc3O)cc2)ccc1N=Nc1cc(N=Nc2ccc(S(=O)(=O)[O-])cc2S(=O)(=O)[O-])c([O-])cc1O.[Na+].[Na+].[Na+].[Na+].[Na+]. The molecule has 0 aliphatic rings. The Labute approximate surface area is 524 Å². The number of phenolic OH excluding ortho intramolecular Hbond substituents is 3. The van der Waals surface area contributed by atoms with Crippen LogP contribution in [0.25, 0.3) is 0 Å². The number of rotatable bonds is 15. The normalized spacial score (nSPS) is 11.9. The zero-order valence-electron chi connectivity index (χ0n) is 38.2. The Kier molecular flexibility index (Phi) is 26.0. The quantitative estimate of drug-likeness (QED) is 0.0421. The maximum absolute atomic E-state index is 12.5. The number of carboxylic acid groups (broad SMARTS) is 1. The first kappa shape index (κ1) is 68.0. The van der Waals surface area contributed by atoms with Crippen molar-refractivity contribution in [2.24, 2.45) is 40.9 Å². The standard InChI is InChI=1S/C38H28N8O18S4.5Na/c47-32-17-34(49)30(45-41-26-9-6-22(65(53,54)55)13-36(26)67(59,60)61)15-28(32)43-39-21-4-1-19(2-5-21)11-20-3-8-25(24(12-20)38(51)52)40-44-29-16-31(35(50)18-33(29)48)46-42-27-10-7-23(66(56,57)58)14-37(27)68(62,63)64;;;;;/h1-10,12-18,47-50H,11H2,(H,51,52)(H,53,54,55)(H,56,57,58)(H,59,60,61)(H,62,63,64);;;;;/q;5*+1/p-5. The van der Waals surface area contributed by atoms with E-state index in [9.17, 15) is 82.2 Å². The number of carboxylic acids is 1. The first-order valence-corrected chi connectivity index (χ1v) is 23.6. The summed E-state index contributed by atoms with van der Waals surface area (Å²) in [5.41, 5.74) is -2.35. The Hall–Kier alpha value is -2.97. The number of nitrogens with zero attached hydrogens (tertiary/aromatic N) is 8. The van der Waals surface area contributed by atoms with Gasteiger partial charge in [-0.1, -0.05) is 23.9 Å². The third kappa shape index (κ3) is 18.3. The summed E-state index contributed by atoms with van der Waals surface area (Å²) < 4.78 is 138. The molecular formula is C38H23N8Na5O18S4. The molecule has 0 aromatic heterocycles. The predicted octanol–water partition coefficient (Wildman–Crippen LogP) is -8.54. The molecule has 0 saturated carbocycles. The molecule has 0 saturated heterocycles. The van der Waals surface area contributed by atoms with Crippen LogP contribution in [0.2, 0.25) is 0 Å². The van der Waals surface area contributed by atoms with E-state index in [1.54, 1.807) is 12.1 Å². The summed E-state index contributed by atoms with van der Waals surface area (Å²) in [7, 11) is -21.1. The molecule has 6 rings (SSSR count). The van der Waals surface area contributed by atoms with Crippen LogP contribution in [0.3, 0.4) is 0 Å². The Morgan fingerprint density at radius 2 is 0.781 bits per heavy atom. The van der Waals surface area contributed by atoms with E-state index in [1.165, 1.54) is 30.3 Å². The third-order valence-electron chi connectivity index (χ3n) is 8.81. The summed E-state index contributed by atoms with van der Waals surface area (Å²) >= 11 is 0. The molecule has 0 fully saturated rings. The van der Waals surface area contributed by atoms with Gasteiger partial charge in [0.1, 0.15) is 91.8 Å². The monoisotopic (exact) mass is 1120 g/mol. The number of carbonyl (C=O) groups is 1. The van der Waals surface area contributed by atoms with Gasteiger partial charge in [-0.3, -0.25) is 0 Å². The number of benzene rings is 6. The zero-order valence-corrected chi connectivity index (χ0v) is 51.5. The molecule has 6 aromatic rings. The largest absolute Gasteiger partial charge is 1.00 e. The second-order valence-corrected chi connectivity index (χ2v) is 19.0. The van der Waals surface area contributed by atoms with Gasteiger partial charge in [-0.05, 0) is 90.3 Å². The maximum atomic E-state index is 12.5. The van der Waals surface area contributed by atoms with Gasteiger partial charge in [-0.2, -0.15) is 10.2 Å². The van der Waals surface area contributed by atoms with Gasteiger partial charge in [0.25, 0.3) is 0 Å². The second kappa shape index (κ2) is 27.9. The molecule has 0 spiro atoms. The van der Waals surface area contributed by atoms with Gasteiger partial charge in [0.2, 0.25) is 0 Å². The number of hydrogen-bond donors (Lipinski definition) is 4. The minimum Gasteiger partial charge on any atom is -0.871 e. The van der Waals surface area contributed by atoms with Crippen LogP contribution in [0.15, 0.2) is 164 Å². The Morgan fingerprint density at radius 1 is 0.411 bits per heavy atom. The van der Waals surface area contributed by atoms with Gasteiger partial charge in [0.05, 0.1) is 36.5 Å². The Bertz CT molecular complexity index is 3650. The fourth-order valence-corrected chi connectivity index (χ4v) is 8.00. The maximum Gasteiger partial charge on any atom is 1.00 e. The van der Waals surface area contributed by atoms with Crippen molar-refractivity contribution in [3.8, 4) is 23.0 Å². The van der Waals surface area contributed by atoms with E-state index in [0.717, 1.165) is 24.3 Å². The van der Waals surface area contributed by atoms with E-state index in [-0.39, 0.29) is 183 Å². The number of phenols is 3. The minimum absolute atomic E-state index is 0. The number of hydrogen-bond acceptors (Lipinski definition) is 25. The molecule has 73 heavy (non-hydrogen) atoms. The van der Waals surface area contributed by atoms with Gasteiger partial charge < -0.3 is 43.7 Å². The van der Waals surface area contributed by atoms with E-state index < -0.39 is 117 Å². The zero-order chi connectivity index (χ0) is 49.9. The van der Waals surface area contributed by atoms with Gasteiger partial charge in [-0.25, -0.2) is 38.5 Å². The Balaban J connectivity index is 0.00000533. The molecule has 6 aromatic carbocycles. The molecule has 0 radical (unpaired) electrons. The molecule has 26 nitrogen and oxygen atoms in total. The van der Waals surface area contributed by atoms with Crippen LogP contribution in [0.1, 0.15) is 21.5 Å². The molecule has 0 amide bonds. The van der Waals surface area contributed by atoms with Crippen molar-refractivity contribution in [1.29, 1.82) is 0 Å². The van der Waals surface area contributed by atoms with Gasteiger partial charge in [-0.15, -0.1) is 30.7 Å². The molecule has 0 aliphatic carbocycles. The smallest absolute Gasteiger partial charge is 0.871 e. The van der Waals surface area contributed by atoms with E-state index in [0.29, 0.717) is 41.5 Å². The molecule has 4 N–H and O–H groups in total. The molecular weight excluding hydrogens is 1100 g/mol. The van der Waals surface area contributed by atoms with Crippen molar-refractivity contribution >= 4 is 91.9 Å². The molecule has 0 heterocycles. The molecule has 0 bridgehead atoms. The molecule has 0 atom stereocenters. The minimum atomic E-state index is -5.41. The van der Waals surface area contributed by atoms with Gasteiger partial charge >= 0.3 is 154 Å². The van der Waals surface area contributed by atoms with Crippen LogP contribution in [0, 0.1) is 0 Å². The van der Waals surface area contributed by atoms with Crippen molar-refractivity contribution in [2.75, 3.05) is 0 Å². The topological polar surface area (TPSA) is 449 Å². The molecule has 352 valence electrons. The van der Waals surface area contributed by atoms with E-state index in [2.05, 4.69) is 40.9 Å². The molecule has 35 heteroatoms. The first-order chi connectivity index (χ1) is 31.7.